The van der Waals surface area contributed by atoms with Gasteiger partial charge in [-0.05, 0) is 6.08 Å². The smallest absolute Gasteiger partial charge is 0.480 e. The second-order valence-electron chi connectivity index (χ2n) is 4.01. The Balaban J connectivity index is 0. The summed E-state index contributed by atoms with van der Waals surface area (Å²) in [7, 11) is 0. The van der Waals surface area contributed by atoms with Crippen molar-refractivity contribution in [2.45, 2.75) is 30.5 Å². The molecule has 0 spiro atoms. The number of aliphatic carboxylic acids is 3. The van der Waals surface area contributed by atoms with Gasteiger partial charge in [-0.25, -0.2) is 14.3 Å². The fraction of sp³-hybridized carbons (Fsp3) is 0.500. The van der Waals surface area contributed by atoms with Gasteiger partial charge in [0.05, 0.1) is 0 Å². The number of rotatable bonds is 6. The lowest BCUT2D eigenvalue weighted by atomic mass is 10.2. The van der Waals surface area contributed by atoms with Gasteiger partial charge in [0.25, 0.3) is 0 Å². The summed E-state index contributed by atoms with van der Waals surface area (Å²) in [5.74, 6) is -10.5. The van der Waals surface area contributed by atoms with Crippen LogP contribution in [0.5, 0.6) is 0 Å². The summed E-state index contributed by atoms with van der Waals surface area (Å²) in [6, 6.07) is -1.77. The molecule has 0 radical (unpaired) electrons. The second kappa shape index (κ2) is 9.30. The van der Waals surface area contributed by atoms with Gasteiger partial charge < -0.3 is 26.2 Å². The van der Waals surface area contributed by atoms with Crippen molar-refractivity contribution in [2.75, 3.05) is 0 Å². The molecule has 0 rings (SSSR count). The topological polar surface area (TPSA) is 167 Å². The highest BCUT2D eigenvalue weighted by atomic mass is 19.4. The highest BCUT2D eigenvalue weighted by molar-refractivity contribution is 5.83. The summed E-state index contributed by atoms with van der Waals surface area (Å²) >= 11 is 0. The molecule has 0 heterocycles. The van der Waals surface area contributed by atoms with Crippen LogP contribution in [0.25, 0.3) is 0 Å². The molecule has 3 unspecified atom stereocenters. The fourth-order valence-corrected chi connectivity index (χ4v) is 0.822. The van der Waals surface area contributed by atoms with Crippen molar-refractivity contribution >= 4 is 17.9 Å². The zero-order valence-electron chi connectivity index (χ0n) is 12.0. The third-order valence-electron chi connectivity index (χ3n) is 1.97. The third-order valence-corrected chi connectivity index (χ3v) is 1.97. The number of alkyl halides is 7. The van der Waals surface area contributed by atoms with Crippen LogP contribution in [-0.4, -0.2) is 68.9 Å². The number of aliphatic hydroxyl groups excluding tert-OH is 1. The monoisotopic (exact) mass is 405 g/mol. The van der Waals surface area contributed by atoms with Crippen LogP contribution in [0.4, 0.5) is 30.7 Å². The van der Waals surface area contributed by atoms with Gasteiger partial charge in [0, 0.05) is 6.08 Å². The first-order valence-electron chi connectivity index (χ1n) is 5.68. The molecule has 0 aliphatic rings. The minimum Gasteiger partial charge on any atom is -0.480 e. The van der Waals surface area contributed by atoms with Crippen LogP contribution in [0, 0.1) is 0 Å². The van der Waals surface area contributed by atoms with Crippen molar-refractivity contribution in [1.82, 2.24) is 0 Å². The maximum Gasteiger partial charge on any atom is 0.525 e. The number of ether oxygens (including phenoxy) is 1. The molecule has 6 N–H and O–H groups in total. The van der Waals surface area contributed by atoms with Crippen molar-refractivity contribution < 1.29 is 70.3 Å². The molecule has 9 nitrogen and oxygen atoms in total. The highest BCUT2D eigenvalue weighted by Crippen LogP contribution is 2.40. The molecule has 0 bridgehead atoms. The molecule has 0 aromatic carbocycles. The van der Waals surface area contributed by atoms with Gasteiger partial charge in [0.15, 0.2) is 6.10 Å². The Morgan fingerprint density at radius 3 is 1.54 bits per heavy atom. The molecule has 3 atom stereocenters. The Labute approximate surface area is 138 Å². The van der Waals surface area contributed by atoms with E-state index in [0.29, 0.717) is 0 Å². The zero-order chi connectivity index (χ0) is 21.5. The zero-order valence-corrected chi connectivity index (χ0v) is 12.0. The Bertz CT molecular complexity index is 528. The molecule has 0 aromatic rings. The molecule has 0 saturated heterocycles. The van der Waals surface area contributed by atoms with Crippen LogP contribution >= 0.6 is 0 Å². The quantitative estimate of drug-likeness (QED) is 0.307. The van der Waals surface area contributed by atoms with Crippen LogP contribution in [0.3, 0.4) is 0 Å². The normalized spacial score (nSPS) is 16.8. The Morgan fingerprint density at radius 1 is 0.923 bits per heavy atom. The molecule has 16 heteroatoms. The number of nitrogens with two attached hydrogens (primary N) is 1. The van der Waals surface area contributed by atoms with E-state index in [4.69, 9.17) is 26.2 Å². The van der Waals surface area contributed by atoms with E-state index < -0.39 is 60.6 Å². The summed E-state index contributed by atoms with van der Waals surface area (Å²) < 4.78 is 84.8. The first kappa shape index (κ1) is 25.8. The minimum absolute atomic E-state index is 0.445. The van der Waals surface area contributed by atoms with Gasteiger partial charge in [-0.2, -0.15) is 17.6 Å². The second-order valence-corrected chi connectivity index (χ2v) is 4.01. The van der Waals surface area contributed by atoms with Crippen LogP contribution in [0.15, 0.2) is 12.2 Å². The van der Waals surface area contributed by atoms with Crippen molar-refractivity contribution in [3.8, 4) is 0 Å². The fourth-order valence-electron chi connectivity index (χ4n) is 0.822. The highest BCUT2D eigenvalue weighted by Gasteiger charge is 2.61. The molecule has 0 aliphatic carbocycles. The summed E-state index contributed by atoms with van der Waals surface area (Å²) in [6.45, 7) is 0. The predicted molar refractivity (Wildman–Crippen MR) is 63.1 cm³/mol. The van der Waals surface area contributed by atoms with E-state index in [2.05, 4.69) is 4.74 Å². The van der Waals surface area contributed by atoms with Crippen LogP contribution in [-0.2, 0) is 19.1 Å². The molecular formula is C10H10F7NO8. The lowest BCUT2D eigenvalue weighted by molar-refractivity contribution is -0.432. The van der Waals surface area contributed by atoms with Gasteiger partial charge >= 0.3 is 36.3 Å². The maximum atomic E-state index is 12.7. The standard InChI is InChI=1S/C6H3F7O3.C4H7NO5/c7-4(5(8,9)10,2-1-3(14)15)16-6(11,12)13;5-1(3(7)8)2(6)4(9)10/h1-2H,(H,14,15);1-2,6H,5H2,(H,7,8)(H,9,10). The van der Waals surface area contributed by atoms with E-state index in [0.717, 1.165) is 0 Å². The molecule has 0 amide bonds. The van der Waals surface area contributed by atoms with Crippen molar-refractivity contribution in [1.29, 1.82) is 0 Å². The molecule has 0 fully saturated rings. The average Bonchev–Trinajstić information content (AvgIpc) is 2.41. The Kier molecular flexibility index (Phi) is 9.22. The molecular weight excluding hydrogens is 395 g/mol. The van der Waals surface area contributed by atoms with Gasteiger partial charge in [-0.1, -0.05) is 0 Å². The maximum absolute atomic E-state index is 12.7. The number of carbonyl (C=O) groups is 3. The van der Waals surface area contributed by atoms with Crippen molar-refractivity contribution in [3.63, 3.8) is 0 Å². The number of hydrogen-bond acceptors (Lipinski definition) is 6. The van der Waals surface area contributed by atoms with Gasteiger partial charge in [-0.3, -0.25) is 4.79 Å². The molecule has 0 aromatic heterocycles. The third kappa shape index (κ3) is 9.74. The summed E-state index contributed by atoms with van der Waals surface area (Å²) in [5.41, 5.74) is 4.73. The van der Waals surface area contributed by atoms with E-state index in [1.807, 2.05) is 0 Å². The minimum atomic E-state index is -6.06. The summed E-state index contributed by atoms with van der Waals surface area (Å²) in [5, 5.41) is 32.4. The van der Waals surface area contributed by atoms with E-state index in [1.54, 1.807) is 0 Å². The van der Waals surface area contributed by atoms with Crippen LogP contribution < -0.4 is 5.73 Å². The van der Waals surface area contributed by atoms with E-state index >= 15 is 0 Å². The Hall–Kier alpha value is -2.46. The lowest BCUT2D eigenvalue weighted by Crippen LogP contribution is -2.46. The van der Waals surface area contributed by atoms with E-state index in [9.17, 15) is 45.1 Å². The molecule has 152 valence electrons. The number of carboxylic acids is 3. The number of hydrogen-bond donors (Lipinski definition) is 5. The Morgan fingerprint density at radius 2 is 1.35 bits per heavy atom. The van der Waals surface area contributed by atoms with Crippen LogP contribution in [0.1, 0.15) is 0 Å². The van der Waals surface area contributed by atoms with Gasteiger partial charge in [0.1, 0.15) is 6.04 Å². The molecule has 26 heavy (non-hydrogen) atoms. The molecule has 0 aliphatic heterocycles. The first-order valence-corrected chi connectivity index (χ1v) is 5.68. The average molecular weight is 405 g/mol. The number of halogens is 7. The van der Waals surface area contributed by atoms with Crippen molar-refractivity contribution in [2.24, 2.45) is 5.73 Å². The van der Waals surface area contributed by atoms with Gasteiger partial charge in [0.2, 0.25) is 0 Å². The summed E-state index contributed by atoms with van der Waals surface area (Å²) in [4.78, 5) is 29.5. The van der Waals surface area contributed by atoms with Gasteiger partial charge in [-0.15, -0.1) is 13.2 Å². The number of aliphatic hydroxyl groups is 1. The predicted octanol–water partition coefficient (Wildman–Crippen LogP) is 0.236. The van der Waals surface area contributed by atoms with E-state index in [1.165, 1.54) is 0 Å². The van der Waals surface area contributed by atoms with E-state index in [-0.39, 0.29) is 0 Å². The largest absolute Gasteiger partial charge is 0.525 e. The van der Waals surface area contributed by atoms with Crippen molar-refractivity contribution in [3.05, 3.63) is 12.2 Å². The summed E-state index contributed by atoms with van der Waals surface area (Å²) in [6.07, 6.45) is -15.3. The lowest BCUT2D eigenvalue weighted by Gasteiger charge is -2.25. The SMILES string of the molecule is NC(C(=O)O)C(O)C(=O)O.O=C(O)C=CC(F)(OC(F)(F)F)C(F)(F)F. The number of carboxylic acid groups (broad SMARTS) is 3. The van der Waals surface area contributed by atoms with Crippen LogP contribution in [0.2, 0.25) is 0 Å². The molecule has 0 saturated carbocycles. The first-order chi connectivity index (χ1) is 11.3.